The minimum absolute atomic E-state index is 0.0513. The maximum absolute atomic E-state index is 12.9. The zero-order valence-electron chi connectivity index (χ0n) is 16.3. The van der Waals surface area contributed by atoms with Crippen LogP contribution < -0.4 is 10.6 Å². The summed E-state index contributed by atoms with van der Waals surface area (Å²) in [5, 5.41) is 6.02. The van der Waals surface area contributed by atoms with Crippen molar-refractivity contribution >= 4 is 17.4 Å². The Morgan fingerprint density at radius 1 is 0.964 bits per heavy atom. The van der Waals surface area contributed by atoms with Crippen LogP contribution in [0.3, 0.4) is 0 Å². The van der Waals surface area contributed by atoms with Gasteiger partial charge < -0.3 is 10.6 Å². The second-order valence-electron chi connectivity index (χ2n) is 7.69. The molecule has 0 aliphatic heterocycles. The summed E-state index contributed by atoms with van der Waals surface area (Å²) in [4.78, 5) is 16.7. The summed E-state index contributed by atoms with van der Waals surface area (Å²) in [6.07, 6.45) is 1.61. The standard InChI is InChI=1S/C23H24FN3O/c1-23(2,3)18-8-6-17(7-9-18)22(28)27-20-12-13-21(26-15-20)25-14-16-4-10-19(24)11-5-16/h4-13,15H,14H2,1-3H3,(H,25,26)(H,27,28). The summed E-state index contributed by atoms with van der Waals surface area (Å²) in [5.41, 5.74) is 3.42. The van der Waals surface area contributed by atoms with Gasteiger partial charge in [-0.3, -0.25) is 4.79 Å². The van der Waals surface area contributed by atoms with Crippen LogP contribution in [0.15, 0.2) is 66.9 Å². The summed E-state index contributed by atoms with van der Waals surface area (Å²) >= 11 is 0. The predicted molar refractivity (Wildman–Crippen MR) is 111 cm³/mol. The number of carbonyl (C=O) groups is 1. The van der Waals surface area contributed by atoms with Crippen molar-refractivity contribution in [1.29, 1.82) is 0 Å². The van der Waals surface area contributed by atoms with Gasteiger partial charge in [0.05, 0.1) is 11.9 Å². The van der Waals surface area contributed by atoms with Crippen molar-refractivity contribution in [2.45, 2.75) is 32.7 Å². The Morgan fingerprint density at radius 3 is 2.21 bits per heavy atom. The maximum atomic E-state index is 12.9. The van der Waals surface area contributed by atoms with E-state index in [1.807, 2.05) is 24.3 Å². The second-order valence-corrected chi connectivity index (χ2v) is 7.69. The molecule has 3 aromatic rings. The van der Waals surface area contributed by atoms with Crippen LogP contribution in [0, 0.1) is 5.82 Å². The molecule has 3 rings (SSSR count). The summed E-state index contributed by atoms with van der Waals surface area (Å²) in [7, 11) is 0. The fraction of sp³-hybridized carbons (Fsp3) is 0.217. The van der Waals surface area contributed by atoms with E-state index in [2.05, 4.69) is 36.4 Å². The smallest absolute Gasteiger partial charge is 0.255 e. The third kappa shape index (κ3) is 5.16. The van der Waals surface area contributed by atoms with E-state index in [9.17, 15) is 9.18 Å². The first-order chi connectivity index (χ1) is 13.3. The number of amides is 1. The molecule has 0 atom stereocenters. The summed E-state index contributed by atoms with van der Waals surface area (Å²) in [6, 6.07) is 17.5. The molecule has 144 valence electrons. The lowest BCUT2D eigenvalue weighted by atomic mass is 9.87. The van der Waals surface area contributed by atoms with E-state index in [-0.39, 0.29) is 17.1 Å². The summed E-state index contributed by atoms with van der Waals surface area (Å²) in [6.45, 7) is 6.96. The van der Waals surface area contributed by atoms with E-state index in [4.69, 9.17) is 0 Å². The van der Waals surface area contributed by atoms with E-state index >= 15 is 0 Å². The molecule has 0 bridgehead atoms. The second kappa shape index (κ2) is 8.21. The fourth-order valence-electron chi connectivity index (χ4n) is 2.69. The number of rotatable bonds is 5. The zero-order valence-corrected chi connectivity index (χ0v) is 16.3. The number of anilines is 2. The van der Waals surface area contributed by atoms with E-state index in [1.165, 1.54) is 17.7 Å². The number of hydrogen-bond acceptors (Lipinski definition) is 3. The van der Waals surface area contributed by atoms with Crippen LogP contribution in [0.25, 0.3) is 0 Å². The topological polar surface area (TPSA) is 54.0 Å². The van der Waals surface area contributed by atoms with Gasteiger partial charge in [0.2, 0.25) is 0 Å². The number of aromatic nitrogens is 1. The van der Waals surface area contributed by atoms with Gasteiger partial charge in [-0.1, -0.05) is 45.0 Å². The van der Waals surface area contributed by atoms with Crippen molar-refractivity contribution in [1.82, 2.24) is 4.98 Å². The monoisotopic (exact) mass is 377 g/mol. The molecule has 0 aliphatic carbocycles. The number of nitrogens with one attached hydrogen (secondary N) is 2. The lowest BCUT2D eigenvalue weighted by Gasteiger charge is -2.19. The molecule has 2 aromatic carbocycles. The molecule has 1 heterocycles. The molecule has 0 spiro atoms. The molecule has 0 unspecified atom stereocenters. The average molecular weight is 377 g/mol. The summed E-state index contributed by atoms with van der Waals surface area (Å²) < 4.78 is 12.9. The molecule has 4 nitrogen and oxygen atoms in total. The minimum Gasteiger partial charge on any atom is -0.366 e. The number of carbonyl (C=O) groups excluding carboxylic acids is 1. The van der Waals surface area contributed by atoms with Crippen molar-refractivity contribution in [3.63, 3.8) is 0 Å². The number of nitrogens with zero attached hydrogens (tertiary/aromatic N) is 1. The largest absolute Gasteiger partial charge is 0.366 e. The van der Waals surface area contributed by atoms with Gasteiger partial charge >= 0.3 is 0 Å². The van der Waals surface area contributed by atoms with Gasteiger partial charge in [-0.2, -0.15) is 0 Å². The van der Waals surface area contributed by atoms with Gasteiger partial charge in [0, 0.05) is 12.1 Å². The number of halogens is 1. The Morgan fingerprint density at radius 2 is 1.64 bits per heavy atom. The number of pyridine rings is 1. The Kier molecular flexibility index (Phi) is 5.73. The van der Waals surface area contributed by atoms with Crippen LogP contribution in [-0.4, -0.2) is 10.9 Å². The molecule has 0 aliphatic rings. The average Bonchev–Trinajstić information content (AvgIpc) is 2.68. The predicted octanol–water partition coefficient (Wildman–Crippen LogP) is 5.38. The van der Waals surface area contributed by atoms with E-state index in [1.54, 1.807) is 30.5 Å². The normalized spacial score (nSPS) is 11.1. The molecule has 2 N–H and O–H groups in total. The highest BCUT2D eigenvalue weighted by Crippen LogP contribution is 2.22. The first-order valence-electron chi connectivity index (χ1n) is 9.17. The molecule has 0 saturated heterocycles. The molecular weight excluding hydrogens is 353 g/mol. The van der Waals surface area contributed by atoms with Gasteiger partial charge in [-0.25, -0.2) is 9.37 Å². The molecule has 0 radical (unpaired) electrons. The van der Waals surface area contributed by atoms with E-state index < -0.39 is 0 Å². The maximum Gasteiger partial charge on any atom is 0.255 e. The first kappa shape index (κ1) is 19.5. The van der Waals surface area contributed by atoms with Crippen molar-refractivity contribution in [2.24, 2.45) is 0 Å². The molecule has 0 fully saturated rings. The van der Waals surface area contributed by atoms with Crippen LogP contribution in [0.2, 0.25) is 0 Å². The first-order valence-corrected chi connectivity index (χ1v) is 9.17. The van der Waals surface area contributed by atoms with Gasteiger partial charge in [-0.05, 0) is 52.9 Å². The minimum atomic E-state index is -0.255. The quantitative estimate of drug-likeness (QED) is 0.627. The third-order valence-electron chi connectivity index (χ3n) is 4.42. The van der Waals surface area contributed by atoms with Crippen LogP contribution in [0.5, 0.6) is 0 Å². The fourth-order valence-corrected chi connectivity index (χ4v) is 2.69. The van der Waals surface area contributed by atoms with Gasteiger partial charge in [0.15, 0.2) is 0 Å². The van der Waals surface area contributed by atoms with Crippen LogP contribution >= 0.6 is 0 Å². The third-order valence-corrected chi connectivity index (χ3v) is 4.42. The summed E-state index contributed by atoms with van der Waals surface area (Å²) in [5.74, 6) is 0.251. The van der Waals surface area contributed by atoms with E-state index in [0.29, 0.717) is 23.6 Å². The molecule has 1 amide bonds. The Balaban J connectivity index is 1.57. The van der Waals surface area contributed by atoms with Gasteiger partial charge in [0.25, 0.3) is 5.91 Å². The molecular formula is C23H24FN3O. The Labute approximate surface area is 164 Å². The molecule has 1 aromatic heterocycles. The van der Waals surface area contributed by atoms with Gasteiger partial charge in [0.1, 0.15) is 11.6 Å². The highest BCUT2D eigenvalue weighted by molar-refractivity contribution is 6.04. The van der Waals surface area contributed by atoms with Crippen molar-refractivity contribution < 1.29 is 9.18 Å². The molecule has 28 heavy (non-hydrogen) atoms. The Hall–Kier alpha value is -3.21. The van der Waals surface area contributed by atoms with E-state index in [0.717, 1.165) is 5.56 Å². The highest BCUT2D eigenvalue weighted by Gasteiger charge is 2.14. The van der Waals surface area contributed by atoms with Crippen molar-refractivity contribution in [2.75, 3.05) is 10.6 Å². The van der Waals surface area contributed by atoms with Crippen molar-refractivity contribution in [3.8, 4) is 0 Å². The van der Waals surface area contributed by atoms with Crippen LogP contribution in [0.4, 0.5) is 15.9 Å². The Bertz CT molecular complexity index is 928. The molecule has 5 heteroatoms. The molecule has 0 saturated carbocycles. The number of benzene rings is 2. The van der Waals surface area contributed by atoms with Crippen LogP contribution in [-0.2, 0) is 12.0 Å². The zero-order chi connectivity index (χ0) is 20.1. The van der Waals surface area contributed by atoms with Gasteiger partial charge in [-0.15, -0.1) is 0 Å². The highest BCUT2D eigenvalue weighted by atomic mass is 19.1. The SMILES string of the molecule is CC(C)(C)c1ccc(C(=O)Nc2ccc(NCc3ccc(F)cc3)nc2)cc1. The number of hydrogen-bond donors (Lipinski definition) is 2. The lowest BCUT2D eigenvalue weighted by Crippen LogP contribution is -2.14. The van der Waals surface area contributed by atoms with Crippen LogP contribution in [0.1, 0.15) is 42.3 Å². The van der Waals surface area contributed by atoms with Crippen molar-refractivity contribution in [3.05, 3.63) is 89.4 Å². The lowest BCUT2D eigenvalue weighted by molar-refractivity contribution is 0.102.